The van der Waals surface area contributed by atoms with E-state index in [0.717, 1.165) is 33.2 Å². The standard InChI is InChI=1S/C17H19NO3S2/c1-3-12-23(19,20)21-18-14-9-5-6-10-15(14)22-16-11-7-8-13(4-2)17(16)18/h5-11H,3-4,12H2,1-2H3. The number of rotatable bonds is 5. The quantitative estimate of drug-likeness (QED) is 0.794. The minimum Gasteiger partial charge on any atom is -0.202 e. The summed E-state index contributed by atoms with van der Waals surface area (Å²) in [5.74, 6) is 0.00242. The Balaban J connectivity index is 2.14. The lowest BCUT2D eigenvalue weighted by molar-refractivity contribution is 0.318. The molecule has 1 heterocycles. The molecule has 0 aromatic heterocycles. The first-order valence-electron chi connectivity index (χ1n) is 7.67. The third kappa shape index (κ3) is 3.24. The van der Waals surface area contributed by atoms with E-state index < -0.39 is 10.1 Å². The number of para-hydroxylation sites is 2. The molecule has 6 heteroatoms. The number of nitrogens with zero attached hydrogens (tertiary/aromatic N) is 1. The number of hydrogen-bond acceptors (Lipinski definition) is 5. The van der Waals surface area contributed by atoms with Crippen LogP contribution in [0.25, 0.3) is 0 Å². The predicted molar refractivity (Wildman–Crippen MR) is 93.7 cm³/mol. The van der Waals surface area contributed by atoms with Crippen LogP contribution in [0.4, 0.5) is 11.4 Å². The molecule has 0 saturated heterocycles. The highest BCUT2D eigenvalue weighted by molar-refractivity contribution is 7.99. The van der Waals surface area contributed by atoms with Gasteiger partial charge in [0.15, 0.2) is 0 Å². The summed E-state index contributed by atoms with van der Waals surface area (Å²) in [5, 5.41) is 1.49. The van der Waals surface area contributed by atoms with E-state index in [1.165, 1.54) is 5.06 Å². The average molecular weight is 349 g/mol. The lowest BCUT2D eigenvalue weighted by Crippen LogP contribution is -2.27. The molecule has 1 aliphatic rings. The first-order valence-corrected chi connectivity index (χ1v) is 10.1. The molecule has 0 bridgehead atoms. The van der Waals surface area contributed by atoms with E-state index in [1.54, 1.807) is 11.8 Å². The number of fused-ring (bicyclic) bond motifs is 2. The van der Waals surface area contributed by atoms with Gasteiger partial charge in [-0.2, -0.15) is 8.42 Å². The van der Waals surface area contributed by atoms with Crippen molar-refractivity contribution in [1.82, 2.24) is 0 Å². The maximum atomic E-state index is 12.2. The van der Waals surface area contributed by atoms with Gasteiger partial charge in [0.1, 0.15) is 0 Å². The number of aryl methyl sites for hydroxylation is 1. The summed E-state index contributed by atoms with van der Waals surface area (Å²) in [4.78, 5) is 2.00. The van der Waals surface area contributed by atoms with E-state index in [0.29, 0.717) is 6.42 Å². The first-order chi connectivity index (χ1) is 11.1. The van der Waals surface area contributed by atoms with Gasteiger partial charge in [-0.15, -0.1) is 4.28 Å². The fourth-order valence-electron chi connectivity index (χ4n) is 2.59. The van der Waals surface area contributed by atoms with Crippen molar-refractivity contribution >= 4 is 33.3 Å². The fraction of sp³-hybridized carbons (Fsp3) is 0.294. The van der Waals surface area contributed by atoms with E-state index in [2.05, 4.69) is 6.92 Å². The Morgan fingerprint density at radius 2 is 1.78 bits per heavy atom. The summed E-state index contributed by atoms with van der Waals surface area (Å²) < 4.78 is 30.0. The highest BCUT2D eigenvalue weighted by Crippen LogP contribution is 2.49. The molecule has 0 spiro atoms. The van der Waals surface area contributed by atoms with Crippen molar-refractivity contribution < 1.29 is 12.7 Å². The van der Waals surface area contributed by atoms with Crippen LogP contribution in [0.3, 0.4) is 0 Å². The maximum Gasteiger partial charge on any atom is 0.288 e. The summed E-state index contributed by atoms with van der Waals surface area (Å²) in [5.41, 5.74) is 2.67. The molecule has 0 saturated carbocycles. The monoisotopic (exact) mass is 349 g/mol. The molecule has 23 heavy (non-hydrogen) atoms. The molecule has 0 N–H and O–H groups in total. The van der Waals surface area contributed by atoms with Crippen molar-refractivity contribution in [3.8, 4) is 0 Å². The second kappa shape index (κ2) is 6.55. The molecule has 0 amide bonds. The molecule has 4 nitrogen and oxygen atoms in total. The molecule has 0 fully saturated rings. The smallest absolute Gasteiger partial charge is 0.202 e. The fourth-order valence-corrected chi connectivity index (χ4v) is 4.65. The highest BCUT2D eigenvalue weighted by Gasteiger charge is 2.29. The summed E-state index contributed by atoms with van der Waals surface area (Å²) in [6, 6.07) is 13.7. The number of benzene rings is 2. The van der Waals surface area contributed by atoms with Gasteiger partial charge in [0, 0.05) is 9.79 Å². The molecule has 0 aliphatic carbocycles. The van der Waals surface area contributed by atoms with Crippen molar-refractivity contribution in [2.75, 3.05) is 10.8 Å². The van der Waals surface area contributed by atoms with Crippen LogP contribution >= 0.6 is 11.8 Å². The lowest BCUT2D eigenvalue weighted by atomic mass is 10.1. The van der Waals surface area contributed by atoms with Crippen LogP contribution in [-0.2, 0) is 20.8 Å². The van der Waals surface area contributed by atoms with Gasteiger partial charge >= 0.3 is 0 Å². The van der Waals surface area contributed by atoms with Crippen molar-refractivity contribution in [3.05, 3.63) is 48.0 Å². The Kier molecular flexibility index (Phi) is 4.66. The zero-order chi connectivity index (χ0) is 16.4. The molecule has 3 rings (SSSR count). The molecule has 1 aliphatic heterocycles. The van der Waals surface area contributed by atoms with Crippen LogP contribution in [0.2, 0.25) is 0 Å². The van der Waals surface area contributed by atoms with Crippen LogP contribution in [0, 0.1) is 0 Å². The zero-order valence-electron chi connectivity index (χ0n) is 13.2. The van der Waals surface area contributed by atoms with Gasteiger partial charge in [-0.1, -0.05) is 49.9 Å². The Morgan fingerprint density at radius 1 is 1.04 bits per heavy atom. The van der Waals surface area contributed by atoms with Gasteiger partial charge in [0.25, 0.3) is 10.1 Å². The Morgan fingerprint density at radius 3 is 2.52 bits per heavy atom. The first kappa shape index (κ1) is 16.4. The summed E-state index contributed by atoms with van der Waals surface area (Å²) in [6.45, 7) is 3.88. The highest BCUT2D eigenvalue weighted by atomic mass is 32.2. The maximum absolute atomic E-state index is 12.2. The number of anilines is 2. The second-order valence-electron chi connectivity index (χ2n) is 5.32. The van der Waals surface area contributed by atoms with Crippen molar-refractivity contribution in [3.63, 3.8) is 0 Å². The van der Waals surface area contributed by atoms with E-state index in [1.807, 2.05) is 49.4 Å². The van der Waals surface area contributed by atoms with Gasteiger partial charge in [-0.25, -0.2) is 5.06 Å². The van der Waals surface area contributed by atoms with Crippen LogP contribution in [-0.4, -0.2) is 14.2 Å². The molecular formula is C17H19NO3S2. The molecule has 122 valence electrons. The van der Waals surface area contributed by atoms with Crippen molar-refractivity contribution in [2.45, 2.75) is 36.5 Å². The van der Waals surface area contributed by atoms with Gasteiger partial charge in [0.2, 0.25) is 0 Å². The molecule has 0 radical (unpaired) electrons. The van der Waals surface area contributed by atoms with E-state index >= 15 is 0 Å². The zero-order valence-corrected chi connectivity index (χ0v) is 14.8. The van der Waals surface area contributed by atoms with Crippen LogP contribution in [0.5, 0.6) is 0 Å². The summed E-state index contributed by atoms with van der Waals surface area (Å²) >= 11 is 1.64. The van der Waals surface area contributed by atoms with Gasteiger partial charge in [-0.05, 0) is 36.6 Å². The average Bonchev–Trinajstić information content (AvgIpc) is 2.53. The van der Waals surface area contributed by atoms with Crippen molar-refractivity contribution in [1.29, 1.82) is 0 Å². The normalized spacial score (nSPS) is 13.6. The van der Waals surface area contributed by atoms with Crippen molar-refractivity contribution in [2.24, 2.45) is 0 Å². The van der Waals surface area contributed by atoms with E-state index in [4.69, 9.17) is 4.28 Å². The Hall–Kier alpha value is -1.50. The SMILES string of the molecule is CCCS(=O)(=O)ON1c2ccccc2Sc2cccc(CC)c21. The molecule has 0 unspecified atom stereocenters. The largest absolute Gasteiger partial charge is 0.288 e. The minimum atomic E-state index is -3.63. The van der Waals surface area contributed by atoms with Gasteiger partial charge in [-0.3, -0.25) is 0 Å². The predicted octanol–water partition coefficient (Wildman–Crippen LogP) is 4.52. The number of hydrogen-bond donors (Lipinski definition) is 0. The lowest BCUT2D eigenvalue weighted by Gasteiger charge is -2.32. The third-order valence-corrected chi connectivity index (χ3v) is 6.01. The summed E-state index contributed by atoms with van der Waals surface area (Å²) in [6.07, 6.45) is 1.33. The van der Waals surface area contributed by atoms with Crippen LogP contribution < -0.4 is 5.06 Å². The second-order valence-corrected chi connectivity index (χ2v) is 8.07. The van der Waals surface area contributed by atoms with Gasteiger partial charge < -0.3 is 0 Å². The molecular weight excluding hydrogens is 330 g/mol. The van der Waals surface area contributed by atoms with E-state index in [9.17, 15) is 8.42 Å². The molecule has 0 atom stereocenters. The van der Waals surface area contributed by atoms with Gasteiger partial charge in [0.05, 0.1) is 17.1 Å². The van der Waals surface area contributed by atoms with Crippen LogP contribution in [0.15, 0.2) is 52.3 Å². The summed E-state index contributed by atoms with van der Waals surface area (Å²) in [7, 11) is -3.63. The minimum absolute atomic E-state index is 0.00242. The molecule has 2 aromatic carbocycles. The van der Waals surface area contributed by atoms with E-state index in [-0.39, 0.29) is 5.75 Å². The molecule has 2 aromatic rings. The Labute approximate surface area is 141 Å². The Bertz CT molecular complexity index is 818. The van der Waals surface area contributed by atoms with Crippen LogP contribution in [0.1, 0.15) is 25.8 Å². The topological polar surface area (TPSA) is 46.6 Å². The third-order valence-electron chi connectivity index (χ3n) is 3.61.